The van der Waals surface area contributed by atoms with Gasteiger partial charge in [0.15, 0.2) is 5.76 Å². The molecule has 0 radical (unpaired) electrons. The Hall–Kier alpha value is -3.05. The molecule has 2 aliphatic heterocycles. The van der Waals surface area contributed by atoms with E-state index in [4.69, 9.17) is 9.15 Å². The summed E-state index contributed by atoms with van der Waals surface area (Å²) in [6.07, 6.45) is 6.48. The molecule has 3 heterocycles. The molecule has 0 amide bonds. The molecule has 2 aromatic carbocycles. The molecule has 0 atom stereocenters. The van der Waals surface area contributed by atoms with E-state index in [9.17, 15) is 9.90 Å². The largest absolute Gasteiger partial charge is 0.872 e. The van der Waals surface area contributed by atoms with Gasteiger partial charge in [-0.1, -0.05) is 30.0 Å². The number of likely N-dealkylation sites (tertiary alicyclic amines) is 1. The first-order valence-corrected chi connectivity index (χ1v) is 10.7. The van der Waals surface area contributed by atoms with Gasteiger partial charge in [-0.05, 0) is 50.3 Å². The van der Waals surface area contributed by atoms with E-state index in [1.165, 1.54) is 30.6 Å². The second-order valence-electron chi connectivity index (χ2n) is 8.34. The fourth-order valence-corrected chi connectivity index (χ4v) is 4.59. The number of ether oxygens (including phenoxy) is 1. The highest BCUT2D eigenvalue weighted by Gasteiger charge is 2.33. The molecular weight excluding hydrogens is 378 g/mol. The van der Waals surface area contributed by atoms with Gasteiger partial charge in [0, 0.05) is 17.0 Å². The Morgan fingerprint density at radius 1 is 1.10 bits per heavy atom. The fourth-order valence-electron chi connectivity index (χ4n) is 4.59. The second-order valence-corrected chi connectivity index (χ2v) is 8.34. The minimum atomic E-state index is -0.185. The van der Waals surface area contributed by atoms with Crippen LogP contribution in [-0.2, 0) is 6.54 Å². The molecule has 2 aliphatic rings. The van der Waals surface area contributed by atoms with Gasteiger partial charge in [-0.25, -0.2) is 0 Å². The highest BCUT2D eigenvalue weighted by Crippen LogP contribution is 2.40. The number of carbonyl (C=O) groups excluding carboxylic acids is 1. The number of benzene rings is 2. The number of furan rings is 1. The summed E-state index contributed by atoms with van der Waals surface area (Å²) in [4.78, 5) is 14.5. The second kappa shape index (κ2) is 7.65. The summed E-state index contributed by atoms with van der Waals surface area (Å²) < 4.78 is 11.8. The SMILES string of the molecule is Cc1cc([O-])c(C[NH+]2CCCCCC2)c2c1C(=O)/C(=C/c1cc3ccccc3o1)O2. The zero-order chi connectivity index (χ0) is 20.7. The van der Waals surface area contributed by atoms with Crippen LogP contribution in [0.3, 0.4) is 0 Å². The van der Waals surface area contributed by atoms with Crippen LogP contribution in [0.25, 0.3) is 17.0 Å². The first-order chi connectivity index (χ1) is 14.6. The lowest BCUT2D eigenvalue weighted by atomic mass is 9.99. The van der Waals surface area contributed by atoms with Gasteiger partial charge in [-0.3, -0.25) is 4.79 Å². The molecule has 0 unspecified atom stereocenters. The number of Topliss-reactive ketones (excluding diaryl/α,β-unsaturated/α-hetero) is 1. The van der Waals surface area contributed by atoms with Gasteiger partial charge in [-0.2, -0.15) is 0 Å². The van der Waals surface area contributed by atoms with Crippen LogP contribution in [0.2, 0.25) is 0 Å². The van der Waals surface area contributed by atoms with E-state index < -0.39 is 0 Å². The van der Waals surface area contributed by atoms with Gasteiger partial charge in [0.05, 0.1) is 18.7 Å². The Morgan fingerprint density at radius 2 is 1.87 bits per heavy atom. The maximum Gasteiger partial charge on any atom is 0.232 e. The molecule has 5 heteroatoms. The van der Waals surface area contributed by atoms with E-state index in [0.717, 1.165) is 24.1 Å². The predicted molar refractivity (Wildman–Crippen MR) is 113 cm³/mol. The van der Waals surface area contributed by atoms with Crippen molar-refractivity contribution in [1.82, 2.24) is 0 Å². The average molecular weight is 403 g/mol. The minimum Gasteiger partial charge on any atom is -0.872 e. The molecule has 1 N–H and O–H groups in total. The van der Waals surface area contributed by atoms with Gasteiger partial charge in [0.2, 0.25) is 5.78 Å². The number of hydrogen-bond acceptors (Lipinski definition) is 4. The molecule has 1 fully saturated rings. The van der Waals surface area contributed by atoms with Gasteiger partial charge in [0.25, 0.3) is 0 Å². The van der Waals surface area contributed by atoms with Crippen LogP contribution in [-0.4, -0.2) is 18.9 Å². The van der Waals surface area contributed by atoms with Crippen LogP contribution in [0.15, 0.2) is 46.6 Å². The summed E-state index contributed by atoms with van der Waals surface area (Å²) in [5, 5.41) is 13.8. The quantitative estimate of drug-likeness (QED) is 0.681. The molecule has 1 saturated heterocycles. The van der Waals surface area contributed by atoms with Gasteiger partial charge in [-0.15, -0.1) is 0 Å². The monoisotopic (exact) mass is 403 g/mol. The predicted octanol–water partition coefficient (Wildman–Crippen LogP) is 3.39. The normalized spacial score (nSPS) is 18.6. The Kier molecular flexibility index (Phi) is 4.83. The van der Waals surface area contributed by atoms with E-state index in [0.29, 0.717) is 34.7 Å². The van der Waals surface area contributed by atoms with Crippen LogP contribution in [0, 0.1) is 6.92 Å². The molecule has 0 saturated carbocycles. The van der Waals surface area contributed by atoms with Crippen molar-refractivity contribution in [3.05, 3.63) is 64.6 Å². The summed E-state index contributed by atoms with van der Waals surface area (Å²) in [5.74, 6) is 0.997. The van der Waals surface area contributed by atoms with E-state index >= 15 is 0 Å². The molecular formula is C25H25NO4. The smallest absolute Gasteiger partial charge is 0.232 e. The highest BCUT2D eigenvalue weighted by atomic mass is 16.5. The lowest BCUT2D eigenvalue weighted by molar-refractivity contribution is -0.913. The summed E-state index contributed by atoms with van der Waals surface area (Å²) in [7, 11) is 0. The zero-order valence-electron chi connectivity index (χ0n) is 17.1. The molecule has 0 aliphatic carbocycles. The first kappa shape index (κ1) is 18.9. The number of quaternary nitrogens is 1. The molecule has 5 rings (SSSR count). The third-order valence-corrected chi connectivity index (χ3v) is 6.16. The van der Waals surface area contributed by atoms with E-state index in [-0.39, 0.29) is 17.3 Å². The van der Waals surface area contributed by atoms with Crippen LogP contribution in [0.5, 0.6) is 11.5 Å². The van der Waals surface area contributed by atoms with E-state index in [1.54, 1.807) is 19.1 Å². The van der Waals surface area contributed by atoms with Crippen molar-refractivity contribution in [3.8, 4) is 11.5 Å². The number of ketones is 1. The fraction of sp³-hybridized carbons (Fsp3) is 0.320. The van der Waals surface area contributed by atoms with Crippen LogP contribution in [0.4, 0.5) is 0 Å². The standard InChI is InChI=1S/C25H25NO4/c1-16-12-20(27)19(15-26-10-6-2-3-7-11-26)25-23(16)24(28)22(30-25)14-18-13-17-8-4-5-9-21(17)29-18/h4-5,8-9,12-14,27H,2-3,6-7,10-11,15H2,1H3/b22-14-. The number of fused-ring (bicyclic) bond motifs is 2. The Balaban J connectivity index is 1.50. The minimum absolute atomic E-state index is 0.0409. The van der Waals surface area contributed by atoms with Gasteiger partial charge < -0.3 is 19.2 Å². The third kappa shape index (κ3) is 3.39. The molecule has 0 spiro atoms. The van der Waals surface area contributed by atoms with Crippen LogP contribution >= 0.6 is 0 Å². The van der Waals surface area contributed by atoms with Crippen molar-refractivity contribution in [2.24, 2.45) is 0 Å². The van der Waals surface area contributed by atoms with Crippen molar-refractivity contribution < 1.29 is 24.0 Å². The summed E-state index contributed by atoms with van der Waals surface area (Å²) in [5.41, 5.74) is 2.56. The molecule has 154 valence electrons. The maximum absolute atomic E-state index is 13.1. The molecule has 0 bridgehead atoms. The third-order valence-electron chi connectivity index (χ3n) is 6.16. The van der Waals surface area contributed by atoms with Crippen molar-refractivity contribution in [2.45, 2.75) is 39.2 Å². The Bertz CT molecular complexity index is 1120. The number of para-hydroxylation sites is 1. The number of hydrogen-bond donors (Lipinski definition) is 1. The van der Waals surface area contributed by atoms with Crippen LogP contribution < -0.4 is 14.7 Å². The Morgan fingerprint density at radius 3 is 2.63 bits per heavy atom. The topological polar surface area (TPSA) is 66.9 Å². The molecule has 30 heavy (non-hydrogen) atoms. The Labute approximate surface area is 175 Å². The average Bonchev–Trinajstić information content (AvgIpc) is 3.16. The van der Waals surface area contributed by atoms with Crippen molar-refractivity contribution in [2.75, 3.05) is 13.1 Å². The van der Waals surface area contributed by atoms with Gasteiger partial charge in [0.1, 0.15) is 23.6 Å². The molecule has 1 aromatic heterocycles. The van der Waals surface area contributed by atoms with Crippen molar-refractivity contribution in [1.29, 1.82) is 0 Å². The molecule has 5 nitrogen and oxygen atoms in total. The van der Waals surface area contributed by atoms with Crippen LogP contribution in [0.1, 0.15) is 52.9 Å². The molecule has 3 aromatic rings. The number of aryl methyl sites for hydroxylation is 1. The highest BCUT2D eigenvalue weighted by molar-refractivity contribution is 6.15. The van der Waals surface area contributed by atoms with Gasteiger partial charge >= 0.3 is 0 Å². The summed E-state index contributed by atoms with van der Waals surface area (Å²) >= 11 is 0. The lowest BCUT2D eigenvalue weighted by Gasteiger charge is -2.23. The number of rotatable bonds is 3. The zero-order valence-corrected chi connectivity index (χ0v) is 17.1. The summed E-state index contributed by atoms with van der Waals surface area (Å²) in [6, 6.07) is 11.2. The first-order valence-electron chi connectivity index (χ1n) is 10.7. The van der Waals surface area contributed by atoms with E-state index in [1.807, 2.05) is 30.3 Å². The van der Waals surface area contributed by atoms with Crippen molar-refractivity contribution >= 4 is 22.8 Å². The lowest BCUT2D eigenvalue weighted by Crippen LogP contribution is -3.10. The maximum atomic E-state index is 13.1. The van der Waals surface area contributed by atoms with Crippen molar-refractivity contribution in [3.63, 3.8) is 0 Å². The van der Waals surface area contributed by atoms with E-state index in [2.05, 4.69) is 0 Å². The summed E-state index contributed by atoms with van der Waals surface area (Å²) in [6.45, 7) is 4.51. The number of carbonyl (C=O) groups is 1. The number of allylic oxidation sites excluding steroid dienone is 1. The number of nitrogens with one attached hydrogen (secondary N) is 1.